The molecule has 1 N–H and O–H groups in total. The molecule has 1 atom stereocenters. The van der Waals surface area contributed by atoms with Gasteiger partial charge in [0.05, 0.1) is 0 Å². The summed E-state index contributed by atoms with van der Waals surface area (Å²) in [7, 11) is 1.38. The van der Waals surface area contributed by atoms with Crippen LogP contribution in [0.25, 0.3) is 0 Å². The molecule has 0 radical (unpaired) electrons. The van der Waals surface area contributed by atoms with E-state index in [1.807, 2.05) is 0 Å². The maximum atomic E-state index is 13.0. The number of carboxylic acid groups (broad SMARTS) is 1. The van der Waals surface area contributed by atoms with Gasteiger partial charge in [-0.2, -0.15) is 0 Å². The number of nitrogens with zero attached hydrogens (tertiary/aromatic N) is 2. The molecule has 1 fully saturated rings. The van der Waals surface area contributed by atoms with Crippen LogP contribution in [0.2, 0.25) is 0 Å². The number of hydrogen-bond acceptors (Lipinski definition) is 3. The fraction of sp³-hybridized carbons (Fsp3) is 0.438. The lowest BCUT2D eigenvalue weighted by Crippen LogP contribution is -2.53. The average Bonchev–Trinajstić information content (AvgIpc) is 2.88. The van der Waals surface area contributed by atoms with Crippen molar-refractivity contribution in [3.8, 4) is 0 Å². The molecule has 1 aliphatic rings. The third-order valence-corrected chi connectivity index (χ3v) is 4.33. The van der Waals surface area contributed by atoms with E-state index in [0.29, 0.717) is 18.7 Å². The predicted molar refractivity (Wildman–Crippen MR) is 81.3 cm³/mol. The highest BCUT2D eigenvalue weighted by Crippen LogP contribution is 2.28. The topological polar surface area (TPSA) is 77.9 Å². The lowest BCUT2D eigenvalue weighted by Gasteiger charge is -2.33. The van der Waals surface area contributed by atoms with Gasteiger partial charge in [0.25, 0.3) is 0 Å². The van der Waals surface area contributed by atoms with Gasteiger partial charge in [-0.05, 0) is 44.5 Å². The largest absolute Gasteiger partial charge is 0.480 e. The highest BCUT2D eigenvalue weighted by atomic mass is 19.1. The molecule has 1 saturated heterocycles. The zero-order valence-corrected chi connectivity index (χ0v) is 13.2. The molecule has 0 spiro atoms. The Morgan fingerprint density at radius 2 is 1.87 bits per heavy atom. The first-order chi connectivity index (χ1) is 10.7. The molecular weight excluding hydrogens is 303 g/mol. The molecule has 1 aliphatic heterocycles. The van der Waals surface area contributed by atoms with Gasteiger partial charge < -0.3 is 14.9 Å². The van der Waals surface area contributed by atoms with E-state index >= 15 is 0 Å². The summed E-state index contributed by atoms with van der Waals surface area (Å²) in [4.78, 5) is 38.7. The van der Waals surface area contributed by atoms with E-state index in [1.54, 1.807) is 0 Å². The Hall–Kier alpha value is -2.44. The second kappa shape index (κ2) is 5.98. The summed E-state index contributed by atoms with van der Waals surface area (Å²) < 4.78 is 13.0. The normalized spacial score (nSPS) is 18.2. The Morgan fingerprint density at radius 1 is 1.30 bits per heavy atom. The van der Waals surface area contributed by atoms with Crippen LogP contribution in [0.5, 0.6) is 0 Å². The van der Waals surface area contributed by atoms with Crippen molar-refractivity contribution in [2.45, 2.75) is 25.8 Å². The number of carboxylic acids is 1. The van der Waals surface area contributed by atoms with Crippen LogP contribution in [0.4, 0.5) is 10.1 Å². The van der Waals surface area contributed by atoms with Gasteiger partial charge in [-0.15, -0.1) is 0 Å². The van der Waals surface area contributed by atoms with Gasteiger partial charge in [-0.1, -0.05) is 0 Å². The van der Waals surface area contributed by atoms with Crippen molar-refractivity contribution >= 4 is 23.5 Å². The molecule has 1 aromatic rings. The number of benzene rings is 1. The third-order valence-electron chi connectivity index (χ3n) is 4.33. The van der Waals surface area contributed by atoms with Gasteiger partial charge in [-0.3, -0.25) is 9.59 Å². The molecule has 7 heteroatoms. The smallest absolute Gasteiger partial charge is 0.329 e. The van der Waals surface area contributed by atoms with Gasteiger partial charge in [0, 0.05) is 19.3 Å². The molecule has 2 rings (SSSR count). The SMILES string of the molecule is CN(C(=O)C1CCN(c2ccc(F)cc2)C1=O)C(C)(C)C(=O)O. The van der Waals surface area contributed by atoms with Gasteiger partial charge in [0.2, 0.25) is 11.8 Å². The van der Waals surface area contributed by atoms with Crippen molar-refractivity contribution in [2.24, 2.45) is 5.92 Å². The molecule has 6 nitrogen and oxygen atoms in total. The van der Waals surface area contributed by atoms with Crippen molar-refractivity contribution in [1.29, 1.82) is 0 Å². The van der Waals surface area contributed by atoms with E-state index in [1.165, 1.54) is 50.1 Å². The maximum Gasteiger partial charge on any atom is 0.329 e. The second-order valence-corrected chi connectivity index (χ2v) is 6.07. The number of halogens is 1. The Labute approximate surface area is 133 Å². The number of rotatable bonds is 4. The number of hydrogen-bond donors (Lipinski definition) is 1. The summed E-state index contributed by atoms with van der Waals surface area (Å²) in [5.74, 6) is -3.38. The standard InChI is InChI=1S/C16H19FN2O4/c1-16(2,15(22)23)18(3)13(20)12-8-9-19(14(12)21)11-6-4-10(17)5-7-11/h4-7,12H,8-9H2,1-3H3,(H,22,23). The summed E-state index contributed by atoms with van der Waals surface area (Å²) in [5, 5.41) is 9.20. The van der Waals surface area contributed by atoms with Crippen LogP contribution in [0, 0.1) is 11.7 Å². The van der Waals surface area contributed by atoms with Crippen molar-refractivity contribution in [3.63, 3.8) is 0 Å². The molecule has 1 unspecified atom stereocenters. The van der Waals surface area contributed by atoms with Crippen molar-refractivity contribution in [3.05, 3.63) is 30.1 Å². The van der Waals surface area contributed by atoms with Crippen LogP contribution in [-0.4, -0.2) is 46.9 Å². The minimum Gasteiger partial charge on any atom is -0.480 e. The van der Waals surface area contributed by atoms with E-state index in [0.717, 1.165) is 4.90 Å². The molecule has 2 amide bonds. The highest BCUT2D eigenvalue weighted by Gasteiger charge is 2.44. The van der Waals surface area contributed by atoms with E-state index in [9.17, 15) is 23.9 Å². The number of carbonyl (C=O) groups excluding carboxylic acids is 2. The molecule has 124 valence electrons. The third kappa shape index (κ3) is 3.04. The minimum atomic E-state index is -1.40. The summed E-state index contributed by atoms with van der Waals surface area (Å²) in [5.41, 5.74) is -0.882. The van der Waals surface area contributed by atoms with Gasteiger partial charge in [0.1, 0.15) is 17.3 Å². The van der Waals surface area contributed by atoms with Crippen LogP contribution in [0.1, 0.15) is 20.3 Å². The lowest BCUT2D eigenvalue weighted by molar-refractivity contribution is -0.157. The number of likely N-dealkylation sites (N-methyl/N-ethyl adjacent to an activating group) is 1. The first kappa shape index (κ1) is 16.9. The zero-order chi connectivity index (χ0) is 17.4. The Morgan fingerprint density at radius 3 is 2.39 bits per heavy atom. The van der Waals surface area contributed by atoms with Gasteiger partial charge in [-0.25, -0.2) is 9.18 Å². The van der Waals surface area contributed by atoms with E-state index in [2.05, 4.69) is 0 Å². The van der Waals surface area contributed by atoms with Crippen LogP contribution in [-0.2, 0) is 14.4 Å². The first-order valence-corrected chi connectivity index (χ1v) is 7.24. The number of carbonyl (C=O) groups is 3. The Bertz CT molecular complexity index is 642. The predicted octanol–water partition coefficient (Wildman–Crippen LogP) is 1.50. The molecule has 1 aromatic carbocycles. The first-order valence-electron chi connectivity index (χ1n) is 7.24. The maximum absolute atomic E-state index is 13.0. The number of anilines is 1. The molecular formula is C16H19FN2O4. The van der Waals surface area contributed by atoms with Gasteiger partial charge in [0.15, 0.2) is 0 Å². The number of aliphatic carboxylic acids is 1. The van der Waals surface area contributed by atoms with Crippen molar-refractivity contribution < 1.29 is 23.9 Å². The minimum absolute atomic E-state index is 0.301. The number of amides is 2. The fourth-order valence-corrected chi connectivity index (χ4v) is 2.44. The summed E-state index contributed by atoms with van der Waals surface area (Å²) >= 11 is 0. The molecule has 0 aliphatic carbocycles. The molecule has 0 saturated carbocycles. The molecule has 1 heterocycles. The average molecular weight is 322 g/mol. The zero-order valence-electron chi connectivity index (χ0n) is 13.2. The monoisotopic (exact) mass is 322 g/mol. The van der Waals surface area contributed by atoms with E-state index in [-0.39, 0.29) is 0 Å². The Balaban J connectivity index is 2.17. The summed E-state index contributed by atoms with van der Waals surface area (Å²) in [6.45, 7) is 3.15. The van der Waals surface area contributed by atoms with Gasteiger partial charge >= 0.3 is 5.97 Å². The second-order valence-electron chi connectivity index (χ2n) is 6.07. The van der Waals surface area contributed by atoms with Crippen molar-refractivity contribution in [2.75, 3.05) is 18.5 Å². The summed E-state index contributed by atoms with van der Waals surface area (Å²) in [6, 6.07) is 5.45. The molecule has 23 heavy (non-hydrogen) atoms. The fourth-order valence-electron chi connectivity index (χ4n) is 2.44. The highest BCUT2D eigenvalue weighted by molar-refractivity contribution is 6.10. The summed E-state index contributed by atoms with van der Waals surface area (Å²) in [6.07, 6.45) is 0.301. The van der Waals surface area contributed by atoms with Crippen LogP contribution >= 0.6 is 0 Å². The lowest BCUT2D eigenvalue weighted by atomic mass is 9.99. The van der Waals surface area contributed by atoms with E-state index in [4.69, 9.17) is 0 Å². The molecule has 0 bridgehead atoms. The van der Waals surface area contributed by atoms with E-state index < -0.39 is 35.1 Å². The van der Waals surface area contributed by atoms with Crippen LogP contribution in [0.3, 0.4) is 0 Å². The Kier molecular flexibility index (Phi) is 4.40. The van der Waals surface area contributed by atoms with Crippen LogP contribution in [0.15, 0.2) is 24.3 Å². The molecule has 0 aromatic heterocycles. The van der Waals surface area contributed by atoms with Crippen LogP contribution < -0.4 is 4.90 Å². The van der Waals surface area contributed by atoms with Crippen molar-refractivity contribution in [1.82, 2.24) is 4.90 Å². The quantitative estimate of drug-likeness (QED) is 0.852.